The average molecular weight is 376 g/mol. The third-order valence-corrected chi connectivity index (χ3v) is 3.80. The van der Waals surface area contributed by atoms with Gasteiger partial charge in [0.15, 0.2) is 11.5 Å². The third kappa shape index (κ3) is 4.01. The first-order valence-electron chi connectivity index (χ1n) is 6.92. The van der Waals surface area contributed by atoms with Gasteiger partial charge < -0.3 is 14.8 Å². The van der Waals surface area contributed by atoms with Crippen LogP contribution in [-0.4, -0.2) is 25.5 Å². The topological polar surface area (TPSA) is 72.0 Å². The van der Waals surface area contributed by atoms with Crippen molar-refractivity contribution in [2.24, 2.45) is 5.10 Å². The zero-order chi connectivity index (χ0) is 16.1. The molecule has 23 heavy (non-hydrogen) atoms. The number of carbonyl (C=O) groups is 1. The fourth-order valence-electron chi connectivity index (χ4n) is 1.98. The van der Waals surface area contributed by atoms with Gasteiger partial charge in [-0.1, -0.05) is 18.2 Å². The van der Waals surface area contributed by atoms with Crippen LogP contribution in [0.2, 0.25) is 0 Å². The maximum Gasteiger partial charge on any atom is 0.259 e. The Kier molecular flexibility index (Phi) is 4.77. The van der Waals surface area contributed by atoms with Crippen molar-refractivity contribution in [3.63, 3.8) is 0 Å². The summed E-state index contributed by atoms with van der Waals surface area (Å²) >= 11 is 3.43. The number of hydrogen-bond donors (Lipinski definition) is 2. The number of fused-ring (bicyclic) bond motifs is 1. The van der Waals surface area contributed by atoms with Crippen LogP contribution < -0.4 is 20.2 Å². The number of halogens is 1. The Morgan fingerprint density at radius 1 is 1.22 bits per heavy atom. The lowest BCUT2D eigenvalue weighted by molar-refractivity contribution is -0.119. The van der Waals surface area contributed by atoms with Crippen LogP contribution in [0.15, 0.2) is 52.0 Å². The number of para-hydroxylation sites is 1. The van der Waals surface area contributed by atoms with Gasteiger partial charge in [0.25, 0.3) is 5.91 Å². The van der Waals surface area contributed by atoms with Crippen LogP contribution in [-0.2, 0) is 4.79 Å². The second kappa shape index (κ2) is 7.15. The first-order valence-corrected chi connectivity index (χ1v) is 7.71. The minimum atomic E-state index is -0.234. The van der Waals surface area contributed by atoms with Crippen molar-refractivity contribution in [1.82, 2.24) is 5.43 Å². The smallest absolute Gasteiger partial charge is 0.259 e. The molecule has 0 aliphatic carbocycles. The normalized spacial score (nSPS) is 12.4. The van der Waals surface area contributed by atoms with E-state index in [0.29, 0.717) is 11.5 Å². The minimum absolute atomic E-state index is 0.143. The Labute approximate surface area is 141 Å². The highest BCUT2D eigenvalue weighted by Gasteiger charge is 2.15. The fraction of sp³-hybridized carbons (Fsp3) is 0.125. The van der Waals surface area contributed by atoms with E-state index in [-0.39, 0.29) is 19.2 Å². The van der Waals surface area contributed by atoms with E-state index in [9.17, 15) is 4.79 Å². The molecule has 1 aliphatic heterocycles. The quantitative estimate of drug-likeness (QED) is 0.622. The number of rotatable bonds is 5. The van der Waals surface area contributed by atoms with Crippen molar-refractivity contribution < 1.29 is 14.3 Å². The molecule has 0 saturated heterocycles. The molecular weight excluding hydrogens is 362 g/mol. The van der Waals surface area contributed by atoms with Crippen molar-refractivity contribution in [2.75, 3.05) is 18.7 Å². The standard InChI is InChI=1S/C16H14BrN3O3/c17-13-7-15-14(22-10-23-15)6-11(13)8-19-20-16(21)9-18-12-4-2-1-3-5-12/h1-8,18H,9-10H2,(H,20,21)/b19-8+. The average Bonchev–Trinajstić information content (AvgIpc) is 3.01. The highest BCUT2D eigenvalue weighted by Crippen LogP contribution is 2.36. The highest BCUT2D eigenvalue weighted by atomic mass is 79.9. The van der Waals surface area contributed by atoms with E-state index in [4.69, 9.17) is 9.47 Å². The predicted molar refractivity (Wildman–Crippen MR) is 90.9 cm³/mol. The van der Waals surface area contributed by atoms with Crippen molar-refractivity contribution in [2.45, 2.75) is 0 Å². The first kappa shape index (κ1) is 15.4. The lowest BCUT2D eigenvalue weighted by Gasteiger charge is -2.05. The largest absolute Gasteiger partial charge is 0.454 e. The molecular formula is C16H14BrN3O3. The number of hydrogen-bond acceptors (Lipinski definition) is 5. The summed E-state index contributed by atoms with van der Waals surface area (Å²) in [6.45, 7) is 0.355. The molecule has 2 aromatic carbocycles. The van der Waals surface area contributed by atoms with Crippen molar-refractivity contribution in [3.8, 4) is 11.5 Å². The molecule has 6 nitrogen and oxygen atoms in total. The van der Waals surface area contributed by atoms with Gasteiger partial charge in [-0.05, 0) is 40.2 Å². The summed E-state index contributed by atoms with van der Waals surface area (Å²) in [5.74, 6) is 1.11. The Bertz CT molecular complexity index is 735. The molecule has 1 aliphatic rings. The van der Waals surface area contributed by atoms with Gasteiger partial charge in [0, 0.05) is 15.7 Å². The van der Waals surface area contributed by atoms with Crippen molar-refractivity contribution in [1.29, 1.82) is 0 Å². The lowest BCUT2D eigenvalue weighted by Crippen LogP contribution is -2.25. The molecule has 0 fully saturated rings. The molecule has 0 atom stereocenters. The van der Waals surface area contributed by atoms with Gasteiger partial charge in [-0.3, -0.25) is 4.79 Å². The van der Waals surface area contributed by atoms with Gasteiger partial charge in [0.2, 0.25) is 6.79 Å². The number of ether oxygens (including phenoxy) is 2. The lowest BCUT2D eigenvalue weighted by atomic mass is 10.2. The van der Waals surface area contributed by atoms with Crippen LogP contribution >= 0.6 is 15.9 Å². The second-order valence-electron chi connectivity index (χ2n) is 4.74. The Balaban J connectivity index is 1.53. The summed E-state index contributed by atoms with van der Waals surface area (Å²) in [4.78, 5) is 11.7. The monoisotopic (exact) mass is 375 g/mol. The Hall–Kier alpha value is -2.54. The van der Waals surface area contributed by atoms with Crippen LogP contribution in [0.5, 0.6) is 11.5 Å². The molecule has 0 aromatic heterocycles. The summed E-state index contributed by atoms with van der Waals surface area (Å²) in [6.07, 6.45) is 1.55. The maximum absolute atomic E-state index is 11.7. The van der Waals surface area contributed by atoms with Crippen LogP contribution in [0.3, 0.4) is 0 Å². The van der Waals surface area contributed by atoms with Crippen molar-refractivity contribution >= 4 is 33.7 Å². The molecule has 0 bridgehead atoms. The molecule has 0 saturated carbocycles. The third-order valence-electron chi connectivity index (χ3n) is 3.11. The molecule has 3 rings (SSSR count). The molecule has 0 radical (unpaired) electrons. The fourth-order valence-corrected chi connectivity index (χ4v) is 2.41. The molecule has 118 valence electrons. The zero-order valence-corrected chi connectivity index (χ0v) is 13.7. The van der Waals surface area contributed by atoms with E-state index < -0.39 is 0 Å². The summed E-state index contributed by atoms with van der Waals surface area (Å²) in [5, 5.41) is 6.96. The summed E-state index contributed by atoms with van der Waals surface area (Å²) < 4.78 is 11.4. The van der Waals surface area contributed by atoms with E-state index in [2.05, 4.69) is 31.8 Å². The van der Waals surface area contributed by atoms with E-state index in [1.165, 1.54) is 0 Å². The molecule has 0 spiro atoms. The molecule has 1 heterocycles. The molecule has 0 unspecified atom stereocenters. The molecule has 1 amide bonds. The highest BCUT2D eigenvalue weighted by molar-refractivity contribution is 9.10. The van der Waals surface area contributed by atoms with Crippen LogP contribution in [0.1, 0.15) is 5.56 Å². The van der Waals surface area contributed by atoms with E-state index in [1.807, 2.05) is 36.4 Å². The minimum Gasteiger partial charge on any atom is -0.454 e. The van der Waals surface area contributed by atoms with Crippen molar-refractivity contribution in [3.05, 3.63) is 52.5 Å². The second-order valence-corrected chi connectivity index (χ2v) is 5.59. The number of nitrogens with zero attached hydrogens (tertiary/aromatic N) is 1. The van der Waals surface area contributed by atoms with E-state index >= 15 is 0 Å². The summed E-state index contributed by atoms with van der Waals surface area (Å²) in [5.41, 5.74) is 4.13. The SMILES string of the molecule is O=C(CNc1ccccc1)N/N=C/c1cc2c(cc1Br)OCO2. The number of carbonyl (C=O) groups excluding carboxylic acids is 1. The number of hydrazone groups is 1. The van der Waals surface area contributed by atoms with E-state index in [0.717, 1.165) is 15.7 Å². The van der Waals surface area contributed by atoms with Gasteiger partial charge in [0.1, 0.15) is 0 Å². The summed E-state index contributed by atoms with van der Waals surface area (Å²) in [7, 11) is 0. The number of nitrogens with one attached hydrogen (secondary N) is 2. The van der Waals surface area contributed by atoms with Crippen LogP contribution in [0.4, 0.5) is 5.69 Å². The van der Waals surface area contributed by atoms with Gasteiger partial charge in [-0.25, -0.2) is 5.43 Å². The van der Waals surface area contributed by atoms with Crippen LogP contribution in [0, 0.1) is 0 Å². The molecule has 2 aromatic rings. The molecule has 2 N–H and O–H groups in total. The predicted octanol–water partition coefficient (Wildman–Crippen LogP) is 2.74. The van der Waals surface area contributed by atoms with Gasteiger partial charge in [-0.15, -0.1) is 0 Å². The maximum atomic E-state index is 11.7. The Morgan fingerprint density at radius 2 is 1.96 bits per heavy atom. The zero-order valence-electron chi connectivity index (χ0n) is 12.1. The first-order chi connectivity index (χ1) is 11.2. The number of anilines is 1. The van der Waals surface area contributed by atoms with Gasteiger partial charge >= 0.3 is 0 Å². The van der Waals surface area contributed by atoms with E-state index in [1.54, 1.807) is 12.3 Å². The number of amides is 1. The number of benzene rings is 2. The van der Waals surface area contributed by atoms with Gasteiger partial charge in [-0.2, -0.15) is 5.10 Å². The Morgan fingerprint density at radius 3 is 2.74 bits per heavy atom. The molecule has 7 heteroatoms. The van der Waals surface area contributed by atoms with Crippen LogP contribution in [0.25, 0.3) is 0 Å². The van der Waals surface area contributed by atoms with Gasteiger partial charge in [0.05, 0.1) is 12.8 Å². The summed E-state index contributed by atoms with van der Waals surface area (Å²) in [6, 6.07) is 13.1.